The van der Waals surface area contributed by atoms with Gasteiger partial charge in [-0.15, -0.1) is 0 Å². The van der Waals surface area contributed by atoms with Crippen molar-refractivity contribution in [1.82, 2.24) is 4.72 Å². The van der Waals surface area contributed by atoms with E-state index in [1.54, 1.807) is 13.0 Å². The monoisotopic (exact) mass is 304 g/mol. The lowest BCUT2D eigenvalue weighted by Gasteiger charge is -2.28. The molecule has 1 aromatic carbocycles. The van der Waals surface area contributed by atoms with Crippen LogP contribution < -0.4 is 10.5 Å². The van der Waals surface area contributed by atoms with Gasteiger partial charge in [-0.25, -0.2) is 13.1 Å². The van der Waals surface area contributed by atoms with E-state index in [0.717, 1.165) is 0 Å². The van der Waals surface area contributed by atoms with Gasteiger partial charge in [-0.1, -0.05) is 25.4 Å². The number of anilines is 1. The fraction of sp³-hybridized carbons (Fsp3) is 0.538. The van der Waals surface area contributed by atoms with Gasteiger partial charge in [0.15, 0.2) is 0 Å². The van der Waals surface area contributed by atoms with Gasteiger partial charge >= 0.3 is 0 Å². The van der Waals surface area contributed by atoms with Gasteiger partial charge in [-0.2, -0.15) is 0 Å². The quantitative estimate of drug-likeness (QED) is 0.821. The van der Waals surface area contributed by atoms with Gasteiger partial charge in [-0.3, -0.25) is 0 Å². The van der Waals surface area contributed by atoms with Gasteiger partial charge in [0, 0.05) is 5.54 Å². The molecule has 108 valence electrons. The molecular weight excluding hydrogens is 284 g/mol. The van der Waals surface area contributed by atoms with Crippen LogP contribution in [0.25, 0.3) is 0 Å². The second-order valence-electron chi connectivity index (χ2n) is 5.01. The van der Waals surface area contributed by atoms with Gasteiger partial charge in [0.2, 0.25) is 10.0 Å². The molecule has 0 unspecified atom stereocenters. The minimum atomic E-state index is -3.60. The highest BCUT2D eigenvalue weighted by Crippen LogP contribution is 2.27. The normalized spacial score (nSPS) is 12.7. The lowest BCUT2D eigenvalue weighted by Crippen LogP contribution is -2.45. The first-order chi connectivity index (χ1) is 8.65. The highest BCUT2D eigenvalue weighted by molar-refractivity contribution is 7.89. The Hall–Kier alpha value is -0.780. The molecule has 0 aliphatic rings. The molecule has 19 heavy (non-hydrogen) atoms. The van der Waals surface area contributed by atoms with Crippen molar-refractivity contribution in [3.8, 4) is 0 Å². The zero-order chi connectivity index (χ0) is 14.8. The standard InChI is InChI=1S/C13H21ClN2O2S/c1-5-13(4,6-2)16-19(17,18)12-8-11(15)10(14)7-9(12)3/h7-8,16H,5-6,15H2,1-4H3. The summed E-state index contributed by atoms with van der Waals surface area (Å²) in [7, 11) is -3.60. The minimum Gasteiger partial charge on any atom is -0.397 e. The molecule has 1 rings (SSSR count). The summed E-state index contributed by atoms with van der Waals surface area (Å²) in [5.41, 5.74) is 6.08. The second-order valence-corrected chi connectivity index (χ2v) is 7.07. The number of halogens is 1. The summed E-state index contributed by atoms with van der Waals surface area (Å²) in [6, 6.07) is 2.98. The van der Waals surface area contributed by atoms with Crippen LogP contribution in [0.4, 0.5) is 5.69 Å². The maximum absolute atomic E-state index is 12.4. The molecular formula is C13H21ClN2O2S. The van der Waals surface area contributed by atoms with E-state index in [0.29, 0.717) is 23.4 Å². The van der Waals surface area contributed by atoms with Gasteiger partial charge in [0.25, 0.3) is 0 Å². The van der Waals surface area contributed by atoms with E-state index in [-0.39, 0.29) is 10.6 Å². The molecule has 0 aromatic heterocycles. The van der Waals surface area contributed by atoms with Crippen LogP contribution in [0.1, 0.15) is 39.2 Å². The number of aryl methyl sites for hydroxylation is 1. The fourth-order valence-corrected chi connectivity index (χ4v) is 3.76. The van der Waals surface area contributed by atoms with E-state index in [2.05, 4.69) is 4.72 Å². The molecule has 4 nitrogen and oxygen atoms in total. The van der Waals surface area contributed by atoms with Gasteiger partial charge in [0.1, 0.15) is 0 Å². The lowest BCUT2D eigenvalue weighted by molar-refractivity contribution is 0.388. The lowest BCUT2D eigenvalue weighted by atomic mass is 9.98. The van der Waals surface area contributed by atoms with Crippen LogP contribution in [-0.2, 0) is 10.0 Å². The summed E-state index contributed by atoms with van der Waals surface area (Å²) >= 11 is 5.88. The summed E-state index contributed by atoms with van der Waals surface area (Å²) in [5.74, 6) is 0. The molecule has 0 bridgehead atoms. The maximum atomic E-state index is 12.4. The third kappa shape index (κ3) is 3.61. The number of benzene rings is 1. The Labute approximate surface area is 120 Å². The Morgan fingerprint density at radius 3 is 2.32 bits per heavy atom. The molecule has 0 spiro atoms. The number of sulfonamides is 1. The average molecular weight is 305 g/mol. The van der Waals surface area contributed by atoms with Crippen molar-refractivity contribution >= 4 is 27.3 Å². The molecule has 0 radical (unpaired) electrons. The van der Waals surface area contributed by atoms with E-state index in [4.69, 9.17) is 17.3 Å². The Bertz CT molecular complexity index is 566. The van der Waals surface area contributed by atoms with Crippen molar-refractivity contribution in [1.29, 1.82) is 0 Å². The summed E-state index contributed by atoms with van der Waals surface area (Å²) in [6.07, 6.45) is 1.43. The van der Waals surface area contributed by atoms with Crippen molar-refractivity contribution in [3.05, 3.63) is 22.7 Å². The molecule has 0 saturated carbocycles. The maximum Gasteiger partial charge on any atom is 0.241 e. The van der Waals surface area contributed by atoms with Crippen LogP contribution in [0.2, 0.25) is 5.02 Å². The number of hydrogen-bond donors (Lipinski definition) is 2. The first kappa shape index (κ1) is 16.3. The molecule has 0 amide bonds. The predicted octanol–water partition coefficient (Wildman–Crippen LogP) is 3.09. The number of hydrogen-bond acceptors (Lipinski definition) is 3. The van der Waals surface area contributed by atoms with Gasteiger partial charge in [0.05, 0.1) is 15.6 Å². The van der Waals surface area contributed by atoms with Crippen molar-refractivity contribution in [2.45, 2.75) is 51.0 Å². The third-order valence-electron chi connectivity index (χ3n) is 3.53. The molecule has 3 N–H and O–H groups in total. The Morgan fingerprint density at radius 2 is 1.84 bits per heavy atom. The van der Waals surface area contributed by atoms with E-state index in [1.165, 1.54) is 6.07 Å². The van der Waals surface area contributed by atoms with Crippen molar-refractivity contribution in [2.75, 3.05) is 5.73 Å². The molecule has 0 aliphatic heterocycles. The Morgan fingerprint density at radius 1 is 1.32 bits per heavy atom. The molecule has 6 heteroatoms. The number of rotatable bonds is 5. The van der Waals surface area contributed by atoms with Crippen LogP contribution in [0.15, 0.2) is 17.0 Å². The fourth-order valence-electron chi connectivity index (χ4n) is 1.73. The number of nitrogens with two attached hydrogens (primary N) is 1. The van der Waals surface area contributed by atoms with E-state index in [1.807, 2.05) is 20.8 Å². The Kier molecular flexibility index (Phi) is 4.87. The van der Waals surface area contributed by atoms with Gasteiger partial charge in [-0.05, 0) is 44.4 Å². The van der Waals surface area contributed by atoms with Crippen LogP contribution in [0, 0.1) is 6.92 Å². The van der Waals surface area contributed by atoms with Crippen molar-refractivity contribution in [3.63, 3.8) is 0 Å². The van der Waals surface area contributed by atoms with Crippen LogP contribution in [0.5, 0.6) is 0 Å². The SMILES string of the molecule is CCC(C)(CC)NS(=O)(=O)c1cc(N)c(Cl)cc1C. The molecule has 1 aromatic rings. The van der Waals surface area contributed by atoms with E-state index >= 15 is 0 Å². The van der Waals surface area contributed by atoms with E-state index in [9.17, 15) is 8.42 Å². The second kappa shape index (κ2) is 5.69. The summed E-state index contributed by atoms with van der Waals surface area (Å²) < 4.78 is 27.6. The van der Waals surface area contributed by atoms with E-state index < -0.39 is 15.6 Å². The summed E-state index contributed by atoms with van der Waals surface area (Å²) in [5, 5.41) is 0.366. The van der Waals surface area contributed by atoms with Crippen molar-refractivity contribution < 1.29 is 8.42 Å². The topological polar surface area (TPSA) is 72.2 Å². The van der Waals surface area contributed by atoms with Gasteiger partial charge < -0.3 is 5.73 Å². The first-order valence-electron chi connectivity index (χ1n) is 6.25. The molecule has 0 fully saturated rings. The number of nitrogens with one attached hydrogen (secondary N) is 1. The Balaban J connectivity index is 3.25. The van der Waals surface area contributed by atoms with Crippen molar-refractivity contribution in [2.24, 2.45) is 0 Å². The molecule has 0 heterocycles. The molecule has 0 saturated heterocycles. The third-order valence-corrected chi connectivity index (χ3v) is 5.63. The zero-order valence-corrected chi connectivity index (χ0v) is 13.3. The van der Waals surface area contributed by atoms with Crippen LogP contribution in [-0.4, -0.2) is 14.0 Å². The average Bonchev–Trinajstić information content (AvgIpc) is 2.33. The zero-order valence-electron chi connectivity index (χ0n) is 11.7. The highest BCUT2D eigenvalue weighted by atomic mass is 35.5. The minimum absolute atomic E-state index is 0.183. The largest absolute Gasteiger partial charge is 0.397 e. The molecule has 0 aliphatic carbocycles. The van der Waals surface area contributed by atoms with Crippen LogP contribution >= 0.6 is 11.6 Å². The summed E-state index contributed by atoms with van der Waals surface area (Å²) in [4.78, 5) is 0.183. The smallest absolute Gasteiger partial charge is 0.241 e. The first-order valence-corrected chi connectivity index (χ1v) is 8.11. The molecule has 0 atom stereocenters. The van der Waals surface area contributed by atoms with Crippen LogP contribution in [0.3, 0.4) is 0 Å². The highest BCUT2D eigenvalue weighted by Gasteiger charge is 2.28. The number of nitrogen functional groups attached to an aromatic ring is 1. The predicted molar refractivity (Wildman–Crippen MR) is 79.9 cm³/mol. The summed E-state index contributed by atoms with van der Waals surface area (Å²) in [6.45, 7) is 7.50.